The number of hydrogen-bond donors (Lipinski definition) is 2. The zero-order valence-electron chi connectivity index (χ0n) is 15.3. The summed E-state index contributed by atoms with van der Waals surface area (Å²) in [6.07, 6.45) is 0. The number of benzene rings is 3. The molecule has 1 aromatic heterocycles. The molecule has 0 radical (unpaired) electrons. The minimum Gasteiger partial charge on any atom is -0.297 e. The average Bonchev–Trinajstić information content (AvgIpc) is 2.70. The lowest BCUT2D eigenvalue weighted by Crippen LogP contribution is -2.30. The highest BCUT2D eigenvalue weighted by Crippen LogP contribution is 2.31. The van der Waals surface area contributed by atoms with E-state index in [-0.39, 0.29) is 16.3 Å². The predicted molar refractivity (Wildman–Crippen MR) is 113 cm³/mol. The van der Waals surface area contributed by atoms with Crippen LogP contribution in [-0.2, 0) is 0 Å². The van der Waals surface area contributed by atoms with Gasteiger partial charge in [0, 0.05) is 22.9 Å². The zero-order chi connectivity index (χ0) is 20.5. The molecule has 0 atom stereocenters. The average molecular weight is 407 g/mol. The van der Waals surface area contributed by atoms with Gasteiger partial charge in [0.2, 0.25) is 0 Å². The molecule has 0 spiro atoms. The number of para-hydroxylation sites is 1. The van der Waals surface area contributed by atoms with E-state index in [4.69, 9.17) is 11.6 Å². The lowest BCUT2D eigenvalue weighted by Gasteiger charge is -2.15. The fourth-order valence-electron chi connectivity index (χ4n) is 3.13. The van der Waals surface area contributed by atoms with Gasteiger partial charge in [-0.05, 0) is 30.7 Å². The Kier molecular flexibility index (Phi) is 4.74. The summed E-state index contributed by atoms with van der Waals surface area (Å²) in [4.78, 5) is 27.7. The second kappa shape index (κ2) is 7.37. The van der Waals surface area contributed by atoms with Crippen molar-refractivity contribution in [1.82, 2.24) is 10.4 Å². The number of nitro groups is 1. The molecule has 0 aliphatic carbocycles. The largest absolute Gasteiger partial charge is 0.297 e. The quantitative estimate of drug-likeness (QED) is 0.282. The van der Waals surface area contributed by atoms with E-state index in [0.29, 0.717) is 5.69 Å². The van der Waals surface area contributed by atoms with Gasteiger partial charge in [0.15, 0.2) is 0 Å². The number of nitrogens with one attached hydrogen (secondary N) is 2. The first-order valence-electron chi connectivity index (χ1n) is 8.73. The standard InChI is InChI=1S/C21H15ClN4O3/c1-12-6-8-15-19(10-12)23-18-5-3-2-4-14(18)20(15)24-25-21(27)16-11-13(26(28)29)7-9-17(16)22/h2-11H,1H3,(H,23,24)(H,25,27). The van der Waals surface area contributed by atoms with Gasteiger partial charge >= 0.3 is 0 Å². The minimum absolute atomic E-state index is 0.00637. The predicted octanol–water partition coefficient (Wildman–Crippen LogP) is 5.01. The minimum atomic E-state index is -0.583. The first-order chi connectivity index (χ1) is 13.9. The van der Waals surface area contributed by atoms with Crippen LogP contribution in [0.25, 0.3) is 21.8 Å². The van der Waals surface area contributed by atoms with E-state index in [1.165, 1.54) is 12.1 Å². The maximum atomic E-state index is 12.6. The first-order valence-corrected chi connectivity index (χ1v) is 9.11. The van der Waals surface area contributed by atoms with Crippen LogP contribution in [0.3, 0.4) is 0 Å². The molecule has 4 rings (SSSR count). The van der Waals surface area contributed by atoms with Gasteiger partial charge in [0.1, 0.15) is 0 Å². The molecule has 0 saturated heterocycles. The molecule has 0 bridgehead atoms. The number of hydrazine groups is 1. The highest BCUT2D eigenvalue weighted by atomic mass is 35.5. The van der Waals surface area contributed by atoms with Crippen LogP contribution in [-0.4, -0.2) is 15.8 Å². The summed E-state index contributed by atoms with van der Waals surface area (Å²) < 4.78 is 0. The molecule has 8 heteroatoms. The van der Waals surface area contributed by atoms with E-state index >= 15 is 0 Å². The van der Waals surface area contributed by atoms with Gasteiger partial charge in [-0.3, -0.25) is 25.8 Å². The van der Waals surface area contributed by atoms with Gasteiger partial charge in [-0.25, -0.2) is 4.98 Å². The molecular formula is C21H15ClN4O3. The number of nitrogens with zero attached hydrogens (tertiary/aromatic N) is 2. The summed E-state index contributed by atoms with van der Waals surface area (Å²) in [5.74, 6) is -0.583. The molecule has 0 saturated carbocycles. The summed E-state index contributed by atoms with van der Waals surface area (Å²) in [6, 6.07) is 17.1. The van der Waals surface area contributed by atoms with Crippen LogP contribution in [0.15, 0.2) is 60.7 Å². The Balaban J connectivity index is 1.73. The van der Waals surface area contributed by atoms with Gasteiger partial charge in [-0.2, -0.15) is 0 Å². The van der Waals surface area contributed by atoms with Crippen molar-refractivity contribution in [2.24, 2.45) is 0 Å². The van der Waals surface area contributed by atoms with Crippen molar-refractivity contribution in [2.45, 2.75) is 6.92 Å². The van der Waals surface area contributed by atoms with Crippen molar-refractivity contribution in [1.29, 1.82) is 0 Å². The monoisotopic (exact) mass is 406 g/mol. The molecule has 0 fully saturated rings. The van der Waals surface area contributed by atoms with Gasteiger partial charge in [0.25, 0.3) is 11.6 Å². The second-order valence-corrected chi connectivity index (χ2v) is 6.93. The Morgan fingerprint density at radius 2 is 1.79 bits per heavy atom. The fraction of sp³-hybridized carbons (Fsp3) is 0.0476. The molecule has 3 aromatic carbocycles. The van der Waals surface area contributed by atoms with E-state index in [1.807, 2.05) is 49.4 Å². The summed E-state index contributed by atoms with van der Waals surface area (Å²) in [5.41, 5.74) is 8.66. The summed E-state index contributed by atoms with van der Waals surface area (Å²) in [6.45, 7) is 1.98. The number of aromatic nitrogens is 1. The molecule has 0 aliphatic rings. The van der Waals surface area contributed by atoms with E-state index in [0.717, 1.165) is 33.4 Å². The van der Waals surface area contributed by atoms with Crippen molar-refractivity contribution in [3.8, 4) is 0 Å². The normalized spacial score (nSPS) is 10.8. The molecule has 1 heterocycles. The molecule has 0 unspecified atom stereocenters. The topological polar surface area (TPSA) is 97.2 Å². The third kappa shape index (κ3) is 3.55. The number of carbonyl (C=O) groups is 1. The molecule has 7 nitrogen and oxygen atoms in total. The van der Waals surface area contributed by atoms with E-state index in [2.05, 4.69) is 15.8 Å². The van der Waals surface area contributed by atoms with Gasteiger partial charge < -0.3 is 0 Å². The molecule has 4 aromatic rings. The van der Waals surface area contributed by atoms with Gasteiger partial charge in [-0.1, -0.05) is 41.9 Å². The first kappa shape index (κ1) is 18.6. The molecular weight excluding hydrogens is 392 g/mol. The third-order valence-electron chi connectivity index (χ3n) is 4.54. The third-order valence-corrected chi connectivity index (χ3v) is 4.87. The Bertz CT molecular complexity index is 1290. The van der Waals surface area contributed by atoms with Crippen molar-refractivity contribution in [3.63, 3.8) is 0 Å². The number of non-ortho nitro benzene ring substituents is 1. The zero-order valence-corrected chi connectivity index (χ0v) is 16.0. The molecule has 144 valence electrons. The summed E-state index contributed by atoms with van der Waals surface area (Å²) >= 11 is 6.06. The Morgan fingerprint density at radius 1 is 1.03 bits per heavy atom. The van der Waals surface area contributed by atoms with Gasteiger partial charge in [0.05, 0.1) is 32.2 Å². The second-order valence-electron chi connectivity index (χ2n) is 6.52. The number of carbonyl (C=O) groups excluding carboxylic acids is 1. The number of rotatable bonds is 4. The Hall–Kier alpha value is -3.71. The number of aryl methyl sites for hydroxylation is 1. The number of halogens is 1. The number of amides is 1. The van der Waals surface area contributed by atoms with E-state index in [9.17, 15) is 14.9 Å². The summed E-state index contributed by atoms with van der Waals surface area (Å²) in [7, 11) is 0. The van der Waals surface area contributed by atoms with Gasteiger partial charge in [-0.15, -0.1) is 0 Å². The van der Waals surface area contributed by atoms with Crippen LogP contribution in [0.5, 0.6) is 0 Å². The number of hydrogen-bond acceptors (Lipinski definition) is 5. The Morgan fingerprint density at radius 3 is 2.59 bits per heavy atom. The summed E-state index contributed by atoms with van der Waals surface area (Å²) in [5, 5.41) is 12.8. The van der Waals surface area contributed by atoms with Crippen LogP contribution in [0.2, 0.25) is 5.02 Å². The SMILES string of the molecule is Cc1ccc2c(NNC(=O)c3cc([N+](=O)[O-])ccc3Cl)c3ccccc3nc2c1. The van der Waals surface area contributed by atoms with Crippen LogP contribution in [0.1, 0.15) is 15.9 Å². The number of nitro benzene ring substituents is 1. The number of anilines is 1. The van der Waals surface area contributed by atoms with Crippen LogP contribution >= 0.6 is 11.6 Å². The molecule has 0 aliphatic heterocycles. The van der Waals surface area contributed by atoms with Crippen molar-refractivity contribution in [2.75, 3.05) is 5.43 Å². The van der Waals surface area contributed by atoms with Crippen LogP contribution in [0, 0.1) is 17.0 Å². The van der Waals surface area contributed by atoms with Crippen molar-refractivity contribution < 1.29 is 9.72 Å². The molecule has 29 heavy (non-hydrogen) atoms. The van der Waals surface area contributed by atoms with E-state index in [1.54, 1.807) is 0 Å². The van der Waals surface area contributed by atoms with Crippen molar-refractivity contribution >= 4 is 50.7 Å². The fourth-order valence-corrected chi connectivity index (χ4v) is 3.33. The maximum Gasteiger partial charge on any atom is 0.271 e. The smallest absolute Gasteiger partial charge is 0.271 e. The highest BCUT2D eigenvalue weighted by molar-refractivity contribution is 6.34. The van der Waals surface area contributed by atoms with Crippen LogP contribution < -0.4 is 10.9 Å². The number of pyridine rings is 1. The lowest BCUT2D eigenvalue weighted by atomic mass is 10.1. The number of fused-ring (bicyclic) bond motifs is 2. The van der Waals surface area contributed by atoms with E-state index < -0.39 is 10.8 Å². The molecule has 2 N–H and O–H groups in total. The maximum absolute atomic E-state index is 12.6. The lowest BCUT2D eigenvalue weighted by molar-refractivity contribution is -0.384. The Labute approximate surface area is 170 Å². The van der Waals surface area contributed by atoms with Crippen LogP contribution in [0.4, 0.5) is 11.4 Å². The van der Waals surface area contributed by atoms with Crippen molar-refractivity contribution in [3.05, 3.63) is 86.9 Å². The molecule has 1 amide bonds. The highest BCUT2D eigenvalue weighted by Gasteiger charge is 2.17.